The highest BCUT2D eigenvalue weighted by atomic mass is 16.5. The predicted octanol–water partition coefficient (Wildman–Crippen LogP) is 2.71. The molecule has 0 N–H and O–H groups in total. The molecule has 5 rings (SSSR count). The van der Waals surface area contributed by atoms with Crippen LogP contribution in [0.1, 0.15) is 44.1 Å². The molecule has 5 heteroatoms. The highest BCUT2D eigenvalue weighted by molar-refractivity contribution is 5.12. The second-order valence-electron chi connectivity index (χ2n) is 9.00. The van der Waals surface area contributed by atoms with E-state index < -0.39 is 0 Å². The van der Waals surface area contributed by atoms with Crippen LogP contribution in [0.15, 0.2) is 24.5 Å². The number of ether oxygens (including phenoxy) is 2. The first-order chi connectivity index (χ1) is 13.3. The fraction of sp³-hybridized carbons (Fsp3) is 0.773. The van der Waals surface area contributed by atoms with Crippen molar-refractivity contribution in [2.45, 2.75) is 62.8 Å². The van der Waals surface area contributed by atoms with Crippen molar-refractivity contribution in [3.05, 3.63) is 30.1 Å². The van der Waals surface area contributed by atoms with Gasteiger partial charge in [0.25, 0.3) is 0 Å². The highest BCUT2D eigenvalue weighted by Crippen LogP contribution is 2.45. The zero-order valence-electron chi connectivity index (χ0n) is 16.4. The standard InChI is InChI=1S/C22H33N3O2/c1-2-19(14-23-9-1)15-24-10-5-20(6-11-24)25-16-21(27-17-18-3-4-18)22(25)7-12-26-13-8-22/h1-2,9,14,18,20-21H,3-8,10-13,15-17H2. The van der Waals surface area contributed by atoms with Gasteiger partial charge in [0.05, 0.1) is 11.6 Å². The molecule has 5 nitrogen and oxygen atoms in total. The Balaban J connectivity index is 1.17. The first-order valence-electron chi connectivity index (χ1n) is 10.9. The van der Waals surface area contributed by atoms with E-state index in [2.05, 4.69) is 20.9 Å². The SMILES string of the molecule is c1cncc(CN2CCC(N3CC(OCC4CC4)C34CCOCC4)CC2)c1. The second-order valence-corrected chi connectivity index (χ2v) is 9.00. The van der Waals surface area contributed by atoms with Crippen LogP contribution in [0.3, 0.4) is 0 Å². The molecular weight excluding hydrogens is 338 g/mol. The van der Waals surface area contributed by atoms with Crippen LogP contribution in [0, 0.1) is 5.92 Å². The van der Waals surface area contributed by atoms with Crippen LogP contribution in [0.2, 0.25) is 0 Å². The van der Waals surface area contributed by atoms with E-state index in [4.69, 9.17) is 9.47 Å². The van der Waals surface area contributed by atoms with Gasteiger partial charge < -0.3 is 9.47 Å². The molecule has 1 aliphatic carbocycles. The first kappa shape index (κ1) is 18.0. The lowest BCUT2D eigenvalue weighted by Gasteiger charge is -2.63. The van der Waals surface area contributed by atoms with E-state index in [0.717, 1.165) is 51.7 Å². The van der Waals surface area contributed by atoms with E-state index in [1.807, 2.05) is 18.5 Å². The Morgan fingerprint density at radius 2 is 1.96 bits per heavy atom. The summed E-state index contributed by atoms with van der Waals surface area (Å²) in [4.78, 5) is 9.66. The lowest BCUT2D eigenvalue weighted by molar-refractivity contribution is -0.218. The van der Waals surface area contributed by atoms with Crippen molar-refractivity contribution in [1.82, 2.24) is 14.8 Å². The molecule has 1 aromatic heterocycles. The van der Waals surface area contributed by atoms with Crippen LogP contribution in [0.25, 0.3) is 0 Å². The van der Waals surface area contributed by atoms with E-state index in [1.54, 1.807) is 0 Å². The molecule has 1 spiro atoms. The molecule has 0 radical (unpaired) electrons. The third-order valence-electron chi connectivity index (χ3n) is 7.25. The van der Waals surface area contributed by atoms with Crippen LogP contribution >= 0.6 is 0 Å². The minimum atomic E-state index is 0.267. The number of hydrogen-bond acceptors (Lipinski definition) is 5. The van der Waals surface area contributed by atoms with Gasteiger partial charge in [-0.3, -0.25) is 14.8 Å². The third kappa shape index (κ3) is 3.80. The average molecular weight is 372 g/mol. The van der Waals surface area contributed by atoms with Crippen molar-refractivity contribution >= 4 is 0 Å². The summed E-state index contributed by atoms with van der Waals surface area (Å²) < 4.78 is 12.1. The maximum absolute atomic E-state index is 6.40. The predicted molar refractivity (Wildman–Crippen MR) is 104 cm³/mol. The molecule has 4 heterocycles. The van der Waals surface area contributed by atoms with Crippen LogP contribution in [-0.2, 0) is 16.0 Å². The van der Waals surface area contributed by atoms with Gasteiger partial charge >= 0.3 is 0 Å². The van der Waals surface area contributed by atoms with Gasteiger partial charge in [-0.15, -0.1) is 0 Å². The number of hydrogen-bond donors (Lipinski definition) is 0. The Bertz CT molecular complexity index is 607. The number of likely N-dealkylation sites (tertiary alicyclic amines) is 2. The van der Waals surface area contributed by atoms with Crippen molar-refractivity contribution in [2.24, 2.45) is 5.92 Å². The molecule has 0 bridgehead atoms. The van der Waals surface area contributed by atoms with Gasteiger partial charge in [-0.05, 0) is 69.2 Å². The Morgan fingerprint density at radius 1 is 1.15 bits per heavy atom. The number of pyridine rings is 1. The lowest BCUT2D eigenvalue weighted by Crippen LogP contribution is -2.76. The van der Waals surface area contributed by atoms with Gasteiger partial charge in [0.2, 0.25) is 0 Å². The maximum Gasteiger partial charge on any atom is 0.0887 e. The molecule has 1 atom stereocenters. The van der Waals surface area contributed by atoms with Crippen molar-refractivity contribution in [2.75, 3.05) is 39.5 Å². The summed E-state index contributed by atoms with van der Waals surface area (Å²) in [5, 5.41) is 0. The van der Waals surface area contributed by atoms with Crippen molar-refractivity contribution < 1.29 is 9.47 Å². The lowest BCUT2D eigenvalue weighted by atomic mass is 9.73. The summed E-state index contributed by atoms with van der Waals surface area (Å²) in [5.41, 5.74) is 1.60. The van der Waals surface area contributed by atoms with E-state index >= 15 is 0 Å². The third-order valence-corrected chi connectivity index (χ3v) is 7.25. The molecule has 1 unspecified atom stereocenters. The van der Waals surface area contributed by atoms with Crippen molar-refractivity contribution in [3.63, 3.8) is 0 Å². The smallest absolute Gasteiger partial charge is 0.0887 e. The molecule has 0 aromatic carbocycles. The summed E-state index contributed by atoms with van der Waals surface area (Å²) >= 11 is 0. The minimum Gasteiger partial charge on any atom is -0.381 e. The number of rotatable bonds is 6. The molecule has 0 amide bonds. The largest absolute Gasteiger partial charge is 0.381 e. The molecule has 3 saturated heterocycles. The van der Waals surface area contributed by atoms with Gasteiger partial charge in [-0.25, -0.2) is 0 Å². The number of piperidine rings is 1. The summed E-state index contributed by atoms with van der Waals surface area (Å²) in [6.45, 7) is 7.35. The average Bonchev–Trinajstić information content (AvgIpc) is 3.54. The molecule has 148 valence electrons. The number of aromatic nitrogens is 1. The highest BCUT2D eigenvalue weighted by Gasteiger charge is 2.57. The summed E-state index contributed by atoms with van der Waals surface area (Å²) in [6.07, 6.45) is 11.9. The van der Waals surface area contributed by atoms with Crippen LogP contribution in [0.4, 0.5) is 0 Å². The number of nitrogens with zero attached hydrogens (tertiary/aromatic N) is 3. The Morgan fingerprint density at radius 3 is 2.67 bits per heavy atom. The van der Waals surface area contributed by atoms with E-state index in [1.165, 1.54) is 44.3 Å². The fourth-order valence-electron chi connectivity index (χ4n) is 5.33. The zero-order chi connectivity index (χ0) is 18.1. The Hall–Kier alpha value is -1.01. The molecule has 1 saturated carbocycles. The summed E-state index contributed by atoms with van der Waals surface area (Å²) in [5.74, 6) is 0.853. The summed E-state index contributed by atoms with van der Waals surface area (Å²) in [7, 11) is 0. The van der Waals surface area contributed by atoms with Gasteiger partial charge in [0, 0.05) is 51.3 Å². The van der Waals surface area contributed by atoms with Gasteiger partial charge in [0.15, 0.2) is 0 Å². The van der Waals surface area contributed by atoms with Gasteiger partial charge in [-0.1, -0.05) is 6.07 Å². The zero-order valence-corrected chi connectivity index (χ0v) is 16.4. The van der Waals surface area contributed by atoms with Crippen LogP contribution in [0.5, 0.6) is 0 Å². The topological polar surface area (TPSA) is 37.8 Å². The quantitative estimate of drug-likeness (QED) is 0.769. The molecule has 4 fully saturated rings. The van der Waals surface area contributed by atoms with Gasteiger partial charge in [-0.2, -0.15) is 0 Å². The second kappa shape index (κ2) is 7.78. The van der Waals surface area contributed by atoms with Crippen LogP contribution < -0.4 is 0 Å². The Labute approximate surface area is 163 Å². The van der Waals surface area contributed by atoms with E-state index in [-0.39, 0.29) is 5.54 Å². The summed E-state index contributed by atoms with van der Waals surface area (Å²) in [6, 6.07) is 4.95. The molecule has 27 heavy (non-hydrogen) atoms. The van der Waals surface area contributed by atoms with Crippen molar-refractivity contribution in [3.8, 4) is 0 Å². The van der Waals surface area contributed by atoms with E-state index in [9.17, 15) is 0 Å². The molecular formula is C22H33N3O2. The molecule has 3 aliphatic heterocycles. The molecule has 4 aliphatic rings. The van der Waals surface area contributed by atoms with E-state index in [0.29, 0.717) is 12.1 Å². The fourth-order valence-corrected chi connectivity index (χ4v) is 5.33. The molecule has 1 aromatic rings. The van der Waals surface area contributed by atoms with Crippen LogP contribution in [-0.4, -0.2) is 71.9 Å². The first-order valence-corrected chi connectivity index (χ1v) is 10.9. The monoisotopic (exact) mass is 371 g/mol. The maximum atomic E-state index is 6.40. The Kier molecular flexibility index (Phi) is 5.20. The van der Waals surface area contributed by atoms with Crippen molar-refractivity contribution in [1.29, 1.82) is 0 Å². The van der Waals surface area contributed by atoms with Gasteiger partial charge in [0.1, 0.15) is 0 Å². The normalized spacial score (nSPS) is 29.7. The minimum absolute atomic E-state index is 0.267.